The van der Waals surface area contributed by atoms with Crippen molar-refractivity contribution in [3.8, 4) is 5.69 Å². The van der Waals surface area contributed by atoms with Gasteiger partial charge in [-0.3, -0.25) is 14.3 Å². The van der Waals surface area contributed by atoms with Gasteiger partial charge in [-0.05, 0) is 29.7 Å². The summed E-state index contributed by atoms with van der Waals surface area (Å²) in [5, 5.41) is 3.89. The summed E-state index contributed by atoms with van der Waals surface area (Å²) in [7, 11) is 0. The first-order valence-electron chi connectivity index (χ1n) is 10.6. The minimum Gasteiger partial charge on any atom is -0.379 e. The average molecular weight is 437 g/mol. The van der Waals surface area contributed by atoms with E-state index in [0.717, 1.165) is 49.3 Å². The molecule has 1 aliphatic heterocycles. The summed E-state index contributed by atoms with van der Waals surface area (Å²) in [4.78, 5) is 19.4. The van der Waals surface area contributed by atoms with Crippen LogP contribution in [0.5, 0.6) is 0 Å². The molecule has 1 N–H and O–H groups in total. The van der Waals surface area contributed by atoms with Gasteiger partial charge in [0.25, 0.3) is 0 Å². The fourth-order valence-electron chi connectivity index (χ4n) is 3.67. The third-order valence-corrected chi connectivity index (χ3v) is 6.37. The van der Waals surface area contributed by atoms with E-state index in [2.05, 4.69) is 52.5 Å². The topological polar surface area (TPSA) is 59.4 Å². The van der Waals surface area contributed by atoms with E-state index in [4.69, 9.17) is 4.74 Å². The highest BCUT2D eigenvalue weighted by molar-refractivity contribution is 7.99. The van der Waals surface area contributed by atoms with Crippen molar-refractivity contribution in [2.75, 3.05) is 32.1 Å². The second-order valence-electron chi connectivity index (χ2n) is 7.59. The van der Waals surface area contributed by atoms with Gasteiger partial charge in [-0.1, -0.05) is 54.2 Å². The molecule has 1 aliphatic rings. The number of aryl methyl sites for hydroxylation is 1. The summed E-state index contributed by atoms with van der Waals surface area (Å²) in [5.41, 5.74) is 4.67. The quantitative estimate of drug-likeness (QED) is 0.549. The fraction of sp³-hybridized carbons (Fsp3) is 0.333. The molecular formula is C24H28N4O2S. The van der Waals surface area contributed by atoms with Crippen LogP contribution in [0.3, 0.4) is 0 Å². The molecule has 1 saturated heterocycles. The highest BCUT2D eigenvalue weighted by atomic mass is 32.2. The van der Waals surface area contributed by atoms with Crippen LogP contribution < -0.4 is 5.32 Å². The van der Waals surface area contributed by atoms with E-state index in [1.807, 2.05) is 29.0 Å². The summed E-state index contributed by atoms with van der Waals surface area (Å²) >= 11 is 1.45. The molecule has 2 aromatic carbocycles. The van der Waals surface area contributed by atoms with Gasteiger partial charge in [-0.2, -0.15) is 0 Å². The lowest BCUT2D eigenvalue weighted by atomic mass is 10.1. The molecule has 0 aliphatic carbocycles. The van der Waals surface area contributed by atoms with E-state index < -0.39 is 0 Å². The van der Waals surface area contributed by atoms with Gasteiger partial charge >= 0.3 is 0 Å². The molecule has 1 fully saturated rings. The molecule has 4 rings (SSSR count). The Kier molecular flexibility index (Phi) is 7.40. The summed E-state index contributed by atoms with van der Waals surface area (Å²) in [6, 6.07) is 16.5. The van der Waals surface area contributed by atoms with E-state index in [1.54, 1.807) is 6.20 Å². The maximum absolute atomic E-state index is 12.5. The van der Waals surface area contributed by atoms with Crippen LogP contribution in [0.4, 0.5) is 0 Å². The minimum absolute atomic E-state index is 0.00510. The lowest BCUT2D eigenvalue weighted by Gasteiger charge is -2.27. The number of hydrogen-bond acceptors (Lipinski definition) is 5. The fourth-order valence-corrected chi connectivity index (χ4v) is 4.47. The SMILES string of the molecule is Cc1ccccc1-n1ccnc1SCC(=O)NCc1ccccc1CN1CCOCC1. The molecule has 3 aromatic rings. The van der Waals surface area contributed by atoms with Crippen LogP contribution in [0.15, 0.2) is 66.1 Å². The molecule has 0 bridgehead atoms. The highest BCUT2D eigenvalue weighted by Crippen LogP contribution is 2.22. The third kappa shape index (κ3) is 5.76. The molecule has 0 unspecified atom stereocenters. The molecule has 2 heterocycles. The molecule has 162 valence electrons. The second-order valence-corrected chi connectivity index (χ2v) is 8.53. The number of ether oxygens (including phenoxy) is 1. The van der Waals surface area contributed by atoms with E-state index in [-0.39, 0.29) is 5.91 Å². The van der Waals surface area contributed by atoms with Crippen molar-refractivity contribution in [2.45, 2.75) is 25.2 Å². The first-order chi connectivity index (χ1) is 15.2. The number of carbonyl (C=O) groups excluding carboxylic acids is 1. The van der Waals surface area contributed by atoms with Crippen LogP contribution >= 0.6 is 11.8 Å². The molecule has 0 radical (unpaired) electrons. The zero-order chi connectivity index (χ0) is 21.5. The Morgan fingerprint density at radius 3 is 2.65 bits per heavy atom. The Labute approximate surface area is 187 Å². The second kappa shape index (κ2) is 10.6. The van der Waals surface area contributed by atoms with Gasteiger partial charge in [0.05, 0.1) is 24.7 Å². The number of hydrogen-bond donors (Lipinski definition) is 1. The first kappa shape index (κ1) is 21.6. The van der Waals surface area contributed by atoms with Crippen molar-refractivity contribution >= 4 is 17.7 Å². The Hall–Kier alpha value is -2.61. The number of imidazole rings is 1. The molecule has 7 heteroatoms. The Morgan fingerprint density at radius 1 is 1.10 bits per heavy atom. The van der Waals surface area contributed by atoms with Gasteiger partial charge in [-0.25, -0.2) is 4.98 Å². The molecule has 31 heavy (non-hydrogen) atoms. The van der Waals surface area contributed by atoms with Gasteiger partial charge in [-0.15, -0.1) is 0 Å². The number of nitrogens with zero attached hydrogens (tertiary/aromatic N) is 3. The first-order valence-corrected chi connectivity index (χ1v) is 11.5. The lowest BCUT2D eigenvalue weighted by molar-refractivity contribution is -0.118. The number of para-hydroxylation sites is 1. The molecule has 0 saturated carbocycles. The van der Waals surface area contributed by atoms with E-state index in [9.17, 15) is 4.79 Å². The van der Waals surface area contributed by atoms with E-state index in [0.29, 0.717) is 12.3 Å². The minimum atomic E-state index is 0.00510. The van der Waals surface area contributed by atoms with Crippen molar-refractivity contribution in [3.63, 3.8) is 0 Å². The summed E-state index contributed by atoms with van der Waals surface area (Å²) in [6.45, 7) is 6.97. The largest absolute Gasteiger partial charge is 0.379 e. The normalized spacial score (nSPS) is 14.5. The molecule has 6 nitrogen and oxygen atoms in total. The number of morpholine rings is 1. The van der Waals surface area contributed by atoms with Crippen molar-refractivity contribution in [3.05, 3.63) is 77.6 Å². The highest BCUT2D eigenvalue weighted by Gasteiger charge is 2.14. The van der Waals surface area contributed by atoms with Crippen molar-refractivity contribution < 1.29 is 9.53 Å². The Bertz CT molecular complexity index is 1010. The van der Waals surface area contributed by atoms with Gasteiger partial charge in [0.1, 0.15) is 0 Å². The summed E-state index contributed by atoms with van der Waals surface area (Å²) in [6.07, 6.45) is 3.71. The third-order valence-electron chi connectivity index (χ3n) is 5.41. The van der Waals surface area contributed by atoms with Crippen LogP contribution in [-0.2, 0) is 22.6 Å². The van der Waals surface area contributed by atoms with E-state index in [1.165, 1.54) is 22.9 Å². The predicted molar refractivity (Wildman–Crippen MR) is 123 cm³/mol. The van der Waals surface area contributed by atoms with Crippen LogP contribution in [0, 0.1) is 6.92 Å². The van der Waals surface area contributed by atoms with Gasteiger partial charge in [0.15, 0.2) is 5.16 Å². The van der Waals surface area contributed by atoms with Crippen LogP contribution in [0.25, 0.3) is 5.69 Å². The number of aromatic nitrogens is 2. The molecule has 0 spiro atoms. The van der Waals surface area contributed by atoms with Crippen molar-refractivity contribution in [1.82, 2.24) is 19.8 Å². The smallest absolute Gasteiger partial charge is 0.230 e. The van der Waals surface area contributed by atoms with Crippen LogP contribution in [0.1, 0.15) is 16.7 Å². The number of nitrogens with one attached hydrogen (secondary N) is 1. The molecule has 1 amide bonds. The maximum Gasteiger partial charge on any atom is 0.230 e. The van der Waals surface area contributed by atoms with Crippen LogP contribution in [0.2, 0.25) is 0 Å². The number of benzene rings is 2. The maximum atomic E-state index is 12.5. The lowest BCUT2D eigenvalue weighted by Crippen LogP contribution is -2.36. The molecular weight excluding hydrogens is 408 g/mol. The number of amides is 1. The Morgan fingerprint density at radius 2 is 1.84 bits per heavy atom. The Balaban J connectivity index is 1.32. The molecule has 0 atom stereocenters. The predicted octanol–water partition coefficient (Wildman–Crippen LogP) is 3.42. The number of carbonyl (C=O) groups is 1. The van der Waals surface area contributed by atoms with Crippen molar-refractivity contribution in [2.24, 2.45) is 0 Å². The van der Waals surface area contributed by atoms with Gasteiger partial charge < -0.3 is 10.1 Å². The van der Waals surface area contributed by atoms with E-state index >= 15 is 0 Å². The van der Waals surface area contributed by atoms with Gasteiger partial charge in [0, 0.05) is 38.6 Å². The number of thioether (sulfide) groups is 1. The van der Waals surface area contributed by atoms with Crippen molar-refractivity contribution in [1.29, 1.82) is 0 Å². The number of rotatable bonds is 8. The van der Waals surface area contributed by atoms with Crippen LogP contribution in [-0.4, -0.2) is 52.4 Å². The molecule has 1 aromatic heterocycles. The van der Waals surface area contributed by atoms with Gasteiger partial charge in [0.2, 0.25) is 5.91 Å². The summed E-state index contributed by atoms with van der Waals surface area (Å²) in [5.74, 6) is 0.333. The standard InChI is InChI=1S/C24H28N4O2S/c1-19-6-2-5-9-22(19)28-11-10-25-24(28)31-18-23(29)26-16-20-7-3-4-8-21(20)17-27-12-14-30-15-13-27/h2-11H,12-18H2,1H3,(H,26,29). The summed E-state index contributed by atoms with van der Waals surface area (Å²) < 4.78 is 7.47. The zero-order valence-electron chi connectivity index (χ0n) is 17.8. The average Bonchev–Trinajstić information content (AvgIpc) is 3.26. The zero-order valence-corrected chi connectivity index (χ0v) is 18.6. The monoisotopic (exact) mass is 436 g/mol.